The summed E-state index contributed by atoms with van der Waals surface area (Å²) in [6, 6.07) is 17.6. The van der Waals surface area contributed by atoms with Gasteiger partial charge in [0.25, 0.3) is 5.91 Å². The Labute approximate surface area is 166 Å². The van der Waals surface area contributed by atoms with Crippen LogP contribution in [0.3, 0.4) is 0 Å². The number of carbonyl (C=O) groups excluding carboxylic acids is 2. The van der Waals surface area contributed by atoms with Gasteiger partial charge >= 0.3 is 0 Å². The number of amides is 2. The summed E-state index contributed by atoms with van der Waals surface area (Å²) < 4.78 is 10.6. The molecule has 7 heteroatoms. The third-order valence-electron chi connectivity index (χ3n) is 4.29. The summed E-state index contributed by atoms with van der Waals surface area (Å²) in [6.07, 6.45) is 0.383. The van der Waals surface area contributed by atoms with Crippen molar-refractivity contribution in [2.24, 2.45) is 0 Å². The van der Waals surface area contributed by atoms with Gasteiger partial charge in [-0.25, -0.2) is 0 Å². The quantitative estimate of drug-likeness (QED) is 0.671. The average Bonchev–Trinajstić information content (AvgIpc) is 3.40. The summed E-state index contributed by atoms with van der Waals surface area (Å²) in [7, 11) is 0. The van der Waals surface area contributed by atoms with Crippen LogP contribution in [0.15, 0.2) is 66.0 Å². The number of benzene rings is 2. The van der Waals surface area contributed by atoms with Gasteiger partial charge in [-0.15, -0.1) is 11.3 Å². The minimum Gasteiger partial charge on any atom is -0.454 e. The monoisotopic (exact) mass is 394 g/mol. The van der Waals surface area contributed by atoms with Crippen molar-refractivity contribution in [3.05, 3.63) is 76.5 Å². The molecule has 0 unspecified atom stereocenters. The number of ether oxygens (including phenoxy) is 2. The largest absolute Gasteiger partial charge is 0.454 e. The minimum absolute atomic E-state index is 0.167. The van der Waals surface area contributed by atoms with Crippen LogP contribution in [0.2, 0.25) is 0 Å². The van der Waals surface area contributed by atoms with E-state index < -0.39 is 6.04 Å². The Morgan fingerprint density at radius 3 is 2.61 bits per heavy atom. The minimum atomic E-state index is -0.720. The Morgan fingerprint density at radius 1 is 1.00 bits per heavy atom. The molecule has 1 aromatic heterocycles. The first-order valence-corrected chi connectivity index (χ1v) is 9.66. The maximum Gasteiger partial charge on any atom is 0.262 e. The first kappa shape index (κ1) is 18.1. The number of fused-ring (bicyclic) bond motifs is 1. The summed E-state index contributed by atoms with van der Waals surface area (Å²) in [5.74, 6) is 0.661. The Bertz CT molecular complexity index is 973. The second-order valence-corrected chi connectivity index (χ2v) is 7.20. The maximum absolute atomic E-state index is 12.9. The van der Waals surface area contributed by atoms with Crippen molar-refractivity contribution in [2.75, 3.05) is 12.1 Å². The van der Waals surface area contributed by atoms with Crippen LogP contribution in [0.4, 0.5) is 5.69 Å². The molecule has 0 fully saturated rings. The van der Waals surface area contributed by atoms with E-state index >= 15 is 0 Å². The van der Waals surface area contributed by atoms with Crippen LogP contribution in [0.5, 0.6) is 11.5 Å². The molecule has 6 nitrogen and oxygen atoms in total. The third kappa shape index (κ3) is 4.15. The molecule has 3 aromatic rings. The first-order chi connectivity index (χ1) is 13.7. The first-order valence-electron chi connectivity index (χ1n) is 8.78. The molecule has 1 aliphatic rings. The molecule has 0 radical (unpaired) electrons. The molecule has 2 amide bonds. The zero-order valence-electron chi connectivity index (χ0n) is 14.9. The van der Waals surface area contributed by atoms with Gasteiger partial charge in [0.15, 0.2) is 11.5 Å². The van der Waals surface area contributed by atoms with Crippen molar-refractivity contribution in [1.82, 2.24) is 5.32 Å². The molecule has 2 N–H and O–H groups in total. The molecule has 1 atom stereocenters. The number of thiophene rings is 1. The van der Waals surface area contributed by atoms with E-state index in [9.17, 15) is 9.59 Å². The van der Waals surface area contributed by atoms with E-state index in [1.54, 1.807) is 30.3 Å². The van der Waals surface area contributed by atoms with E-state index in [-0.39, 0.29) is 18.6 Å². The zero-order valence-corrected chi connectivity index (χ0v) is 15.7. The van der Waals surface area contributed by atoms with Crippen molar-refractivity contribution >= 4 is 28.8 Å². The summed E-state index contributed by atoms with van der Waals surface area (Å²) >= 11 is 1.33. The van der Waals surface area contributed by atoms with E-state index in [0.29, 0.717) is 28.5 Å². The number of carbonyl (C=O) groups is 2. The van der Waals surface area contributed by atoms with Crippen LogP contribution < -0.4 is 20.1 Å². The molecule has 0 aliphatic carbocycles. The Balaban J connectivity index is 1.51. The average molecular weight is 394 g/mol. The van der Waals surface area contributed by atoms with Gasteiger partial charge in [0.1, 0.15) is 6.04 Å². The Kier molecular flexibility index (Phi) is 5.25. The van der Waals surface area contributed by atoms with Crippen LogP contribution in [-0.4, -0.2) is 24.6 Å². The topological polar surface area (TPSA) is 76.7 Å². The number of nitrogens with one attached hydrogen (secondary N) is 2. The molecule has 4 rings (SSSR count). The Morgan fingerprint density at radius 2 is 1.82 bits per heavy atom. The number of anilines is 1. The second kappa shape index (κ2) is 8.14. The van der Waals surface area contributed by atoms with Crippen molar-refractivity contribution in [3.8, 4) is 11.5 Å². The number of hydrogen-bond acceptors (Lipinski definition) is 5. The highest BCUT2D eigenvalue weighted by Gasteiger charge is 2.23. The van der Waals surface area contributed by atoms with Gasteiger partial charge in [0.05, 0.1) is 4.88 Å². The van der Waals surface area contributed by atoms with Gasteiger partial charge in [-0.1, -0.05) is 36.4 Å². The molecule has 28 heavy (non-hydrogen) atoms. The summed E-state index contributed by atoms with van der Waals surface area (Å²) in [6.45, 7) is 0.167. The maximum atomic E-state index is 12.9. The highest BCUT2D eigenvalue weighted by Crippen LogP contribution is 2.34. The van der Waals surface area contributed by atoms with Crippen molar-refractivity contribution in [2.45, 2.75) is 12.5 Å². The van der Waals surface area contributed by atoms with Crippen LogP contribution in [0.1, 0.15) is 15.2 Å². The van der Waals surface area contributed by atoms with Crippen LogP contribution in [0, 0.1) is 0 Å². The molecule has 142 valence electrons. The highest BCUT2D eigenvalue weighted by atomic mass is 32.1. The van der Waals surface area contributed by atoms with Crippen LogP contribution in [-0.2, 0) is 11.2 Å². The van der Waals surface area contributed by atoms with E-state index in [0.717, 1.165) is 5.56 Å². The normalized spacial score (nSPS) is 13.0. The smallest absolute Gasteiger partial charge is 0.262 e. The predicted octanol–water partition coefficient (Wildman–Crippen LogP) is 3.46. The predicted molar refractivity (Wildman–Crippen MR) is 107 cm³/mol. The van der Waals surface area contributed by atoms with Gasteiger partial charge in [-0.05, 0) is 29.1 Å². The standard InChI is InChI=1S/C21H18N2O4S/c24-20(22-15-8-9-17-18(12-15)27-13-26-17)16(11-14-5-2-1-3-6-14)23-21(25)19-7-4-10-28-19/h1-10,12,16H,11,13H2,(H,22,24)(H,23,25)/t16-/m1/s1. The summed E-state index contributed by atoms with van der Waals surface area (Å²) in [5, 5.41) is 7.53. The summed E-state index contributed by atoms with van der Waals surface area (Å²) in [5.41, 5.74) is 1.54. The van der Waals surface area contributed by atoms with E-state index in [1.165, 1.54) is 11.3 Å². The lowest BCUT2D eigenvalue weighted by Gasteiger charge is -2.18. The van der Waals surface area contributed by atoms with Gasteiger partial charge in [-0.2, -0.15) is 0 Å². The molecule has 2 aromatic carbocycles. The van der Waals surface area contributed by atoms with Gasteiger partial charge in [-0.3, -0.25) is 9.59 Å². The van der Waals surface area contributed by atoms with Crippen LogP contribution >= 0.6 is 11.3 Å². The number of hydrogen-bond donors (Lipinski definition) is 2. The van der Waals surface area contributed by atoms with Crippen molar-refractivity contribution < 1.29 is 19.1 Å². The fourth-order valence-electron chi connectivity index (χ4n) is 2.90. The second-order valence-electron chi connectivity index (χ2n) is 6.25. The molecule has 0 spiro atoms. The van der Waals surface area contributed by atoms with Gasteiger partial charge < -0.3 is 20.1 Å². The van der Waals surface area contributed by atoms with Gasteiger partial charge in [0.2, 0.25) is 12.7 Å². The molecular formula is C21H18N2O4S. The molecular weight excluding hydrogens is 376 g/mol. The molecule has 2 heterocycles. The lowest BCUT2D eigenvalue weighted by molar-refractivity contribution is -0.118. The lowest BCUT2D eigenvalue weighted by atomic mass is 10.0. The van der Waals surface area contributed by atoms with Crippen LogP contribution in [0.25, 0.3) is 0 Å². The van der Waals surface area contributed by atoms with E-state index in [2.05, 4.69) is 10.6 Å². The summed E-state index contributed by atoms with van der Waals surface area (Å²) in [4.78, 5) is 26.0. The fraction of sp³-hybridized carbons (Fsp3) is 0.143. The number of rotatable bonds is 6. The SMILES string of the molecule is O=C(N[C@H](Cc1ccccc1)C(=O)Nc1ccc2c(c1)OCO2)c1cccs1. The lowest BCUT2D eigenvalue weighted by Crippen LogP contribution is -2.45. The van der Waals surface area contributed by atoms with E-state index in [1.807, 2.05) is 35.7 Å². The third-order valence-corrected chi connectivity index (χ3v) is 5.16. The van der Waals surface area contributed by atoms with Crippen molar-refractivity contribution in [1.29, 1.82) is 0 Å². The zero-order chi connectivity index (χ0) is 19.3. The molecule has 0 saturated heterocycles. The Hall–Kier alpha value is -3.32. The highest BCUT2D eigenvalue weighted by molar-refractivity contribution is 7.12. The van der Waals surface area contributed by atoms with Gasteiger partial charge in [0, 0.05) is 18.2 Å². The molecule has 1 aliphatic heterocycles. The molecule has 0 bridgehead atoms. The molecule has 0 saturated carbocycles. The van der Waals surface area contributed by atoms with Crippen molar-refractivity contribution in [3.63, 3.8) is 0 Å². The fourth-order valence-corrected chi connectivity index (χ4v) is 3.53. The van der Waals surface area contributed by atoms with E-state index in [4.69, 9.17) is 9.47 Å².